The maximum absolute atomic E-state index is 7.50. The van der Waals surface area contributed by atoms with Crippen molar-refractivity contribution >= 4 is 34.0 Å². The minimum Gasteiger partial charge on any atom is 0 e. The van der Waals surface area contributed by atoms with Crippen LogP contribution in [0.15, 0.2) is 60.7 Å². The molecule has 0 heterocycles. The number of rotatable bonds is 6. The first kappa shape index (κ1) is 39.4. The van der Waals surface area contributed by atoms with E-state index in [2.05, 4.69) is 92.0 Å². The number of hydrogen-bond acceptors (Lipinski definition) is 2. The van der Waals surface area contributed by atoms with Gasteiger partial charge in [0.2, 0.25) is 0 Å². The van der Waals surface area contributed by atoms with E-state index in [-0.39, 0.29) is 17.4 Å². The molecule has 0 amide bonds. The normalized spacial score (nSPS) is 7.68. The van der Waals surface area contributed by atoms with E-state index in [4.69, 9.17) is 28.0 Å². The van der Waals surface area contributed by atoms with Crippen LogP contribution in [0.4, 0.5) is 5.69 Å². The molecule has 0 atom stereocenters. The molecule has 0 aliphatic heterocycles. The van der Waals surface area contributed by atoms with Gasteiger partial charge in [-0.2, -0.15) is 0 Å². The van der Waals surface area contributed by atoms with Crippen LogP contribution in [0, 0.1) is 43.4 Å². The zero-order valence-corrected chi connectivity index (χ0v) is 19.6. The van der Waals surface area contributed by atoms with Crippen LogP contribution in [0.3, 0.4) is 0 Å². The summed E-state index contributed by atoms with van der Waals surface area (Å²) < 4.78 is 43.9. The molecular formula is C22H16CrINO6. The Bertz CT molecular complexity index is 751. The van der Waals surface area contributed by atoms with Gasteiger partial charge in [-0.1, -0.05) is 42.5 Å². The van der Waals surface area contributed by atoms with Crippen molar-refractivity contribution in [2.45, 2.75) is 6.92 Å². The van der Waals surface area contributed by atoms with Gasteiger partial charge in [0.15, 0.2) is 6.61 Å². The summed E-state index contributed by atoms with van der Waals surface area (Å²) in [6.07, 6.45) is 1.84. The SMILES string of the molecule is CCO[C]/C=C(\Nc1ccccc1I)c1ccccc1.[C-]#[O+].[C-]#[O+].[C-]#[O+].[C-]#[O+].[C-]#[O+].[Cr]. The molecule has 0 bridgehead atoms. The Morgan fingerprint density at radius 2 is 1.32 bits per heavy atom. The third-order valence-corrected chi connectivity index (χ3v) is 3.60. The van der Waals surface area contributed by atoms with Crippen molar-refractivity contribution in [2.75, 3.05) is 11.9 Å². The number of benzene rings is 2. The van der Waals surface area contributed by atoms with E-state index in [0.717, 1.165) is 16.9 Å². The monoisotopic (exact) mass is 569 g/mol. The fourth-order valence-corrected chi connectivity index (χ4v) is 2.22. The number of nitrogens with one attached hydrogen (secondary N) is 1. The Hall–Kier alpha value is -2.10. The Balaban J connectivity index is -0.000000180. The molecule has 2 aromatic carbocycles. The minimum atomic E-state index is 0. The van der Waals surface area contributed by atoms with E-state index in [1.54, 1.807) is 0 Å². The van der Waals surface area contributed by atoms with Gasteiger partial charge < -0.3 is 10.1 Å². The number of hydrogen-bond donors (Lipinski definition) is 1. The summed E-state index contributed by atoms with van der Waals surface area (Å²) in [6, 6.07) is 18.3. The molecule has 0 saturated heterocycles. The van der Waals surface area contributed by atoms with Crippen LogP contribution >= 0.6 is 22.6 Å². The molecule has 0 spiro atoms. The van der Waals surface area contributed by atoms with Gasteiger partial charge in [0.25, 0.3) is 0 Å². The largest absolute Gasteiger partial charge is 0 e. The smallest absolute Gasteiger partial charge is 0 e. The van der Waals surface area contributed by atoms with Gasteiger partial charge >= 0.3 is 56.5 Å². The number of para-hydroxylation sites is 1. The van der Waals surface area contributed by atoms with E-state index in [1.807, 2.05) is 43.3 Å². The van der Waals surface area contributed by atoms with E-state index < -0.39 is 0 Å². The third-order valence-electron chi connectivity index (χ3n) is 2.66. The molecule has 2 rings (SSSR count). The van der Waals surface area contributed by atoms with Crippen molar-refractivity contribution in [1.82, 2.24) is 0 Å². The van der Waals surface area contributed by atoms with Gasteiger partial charge in [0.05, 0.1) is 5.69 Å². The van der Waals surface area contributed by atoms with Gasteiger partial charge in [-0.15, -0.1) is 0 Å². The van der Waals surface area contributed by atoms with Crippen LogP contribution < -0.4 is 5.32 Å². The molecule has 7 nitrogen and oxygen atoms in total. The van der Waals surface area contributed by atoms with Gasteiger partial charge in [0.1, 0.15) is 0 Å². The average Bonchev–Trinajstić information content (AvgIpc) is 2.87. The first-order valence-corrected chi connectivity index (χ1v) is 8.55. The van der Waals surface area contributed by atoms with Crippen LogP contribution in [0.2, 0.25) is 0 Å². The van der Waals surface area contributed by atoms with Crippen LogP contribution in [-0.2, 0) is 45.4 Å². The topological polar surface area (TPSA) is 121 Å². The number of anilines is 1. The van der Waals surface area contributed by atoms with Crippen LogP contribution in [-0.4, -0.2) is 6.61 Å². The predicted molar refractivity (Wildman–Crippen MR) is 112 cm³/mol. The van der Waals surface area contributed by atoms with E-state index in [9.17, 15) is 0 Å². The van der Waals surface area contributed by atoms with Crippen molar-refractivity contribution in [2.24, 2.45) is 0 Å². The maximum atomic E-state index is 7.50. The first-order chi connectivity index (χ1) is 14.8. The standard InChI is InChI=1S/C17H16INO.5CO.Cr/c1-2-20-13-12-16(14-8-4-3-5-9-14)19-17-11-7-6-10-15(17)18;5*1-2;/h3-12,19H,2H2,1H3;;;;;;/b16-12-;;;;;;. The Morgan fingerprint density at radius 1 is 0.871 bits per heavy atom. The number of ether oxygens (including phenoxy) is 1. The predicted octanol–water partition coefficient (Wildman–Crippen LogP) is 4.63. The Morgan fingerprint density at radius 3 is 1.77 bits per heavy atom. The van der Waals surface area contributed by atoms with E-state index >= 15 is 0 Å². The van der Waals surface area contributed by atoms with Crippen molar-refractivity contribution in [3.05, 3.63) is 110 Å². The second-order valence-electron chi connectivity index (χ2n) is 4.08. The minimum absolute atomic E-state index is 0. The van der Waals surface area contributed by atoms with Gasteiger partial charge in [0, 0.05) is 33.2 Å². The summed E-state index contributed by atoms with van der Waals surface area (Å²) in [4.78, 5) is 0. The molecule has 0 saturated carbocycles. The van der Waals surface area contributed by atoms with Gasteiger partial charge in [-0.25, -0.2) is 0 Å². The molecule has 2 aromatic rings. The summed E-state index contributed by atoms with van der Waals surface area (Å²) in [7, 11) is 0. The van der Waals surface area contributed by atoms with E-state index in [1.165, 1.54) is 3.57 Å². The molecular weight excluding hydrogens is 553 g/mol. The van der Waals surface area contributed by atoms with Gasteiger partial charge in [-0.3, -0.25) is 0 Å². The average molecular weight is 569 g/mol. The second kappa shape index (κ2) is 35.3. The zero-order chi connectivity index (χ0) is 24.2. The van der Waals surface area contributed by atoms with Crippen LogP contribution in [0.1, 0.15) is 12.5 Å². The maximum Gasteiger partial charge on any atom is 0 e. The molecule has 1 N–H and O–H groups in total. The molecule has 0 fully saturated rings. The summed E-state index contributed by atoms with van der Waals surface area (Å²) in [5.41, 5.74) is 3.13. The van der Waals surface area contributed by atoms with Crippen LogP contribution in [0.5, 0.6) is 0 Å². The Labute approximate surface area is 207 Å². The van der Waals surface area contributed by atoms with Crippen molar-refractivity contribution in [1.29, 1.82) is 0 Å². The molecule has 0 aliphatic carbocycles. The summed E-state index contributed by atoms with van der Waals surface area (Å²) in [5.74, 6) is 0. The number of halogens is 1. The van der Waals surface area contributed by atoms with Crippen LogP contribution in [0.25, 0.3) is 5.70 Å². The molecule has 158 valence electrons. The summed E-state index contributed by atoms with van der Waals surface area (Å²) in [5, 5.41) is 3.43. The van der Waals surface area contributed by atoms with E-state index in [0.29, 0.717) is 6.61 Å². The fraction of sp³-hybridized carbons (Fsp3) is 0.0909. The quantitative estimate of drug-likeness (QED) is 0.236. The molecule has 0 aromatic heterocycles. The van der Waals surface area contributed by atoms with Crippen molar-refractivity contribution in [3.8, 4) is 0 Å². The van der Waals surface area contributed by atoms with Gasteiger partial charge in [-0.05, 0) is 53.3 Å². The zero-order valence-electron chi connectivity index (χ0n) is 16.2. The Kier molecular flexibility index (Phi) is 44.9. The second-order valence-corrected chi connectivity index (χ2v) is 5.24. The summed E-state index contributed by atoms with van der Waals surface area (Å²) in [6.45, 7) is 27.9. The molecule has 2 radical (unpaired) electrons. The molecule has 0 unspecified atom stereocenters. The first-order valence-electron chi connectivity index (χ1n) is 7.47. The molecule has 0 aliphatic rings. The fourth-order valence-electron chi connectivity index (χ4n) is 1.70. The van der Waals surface area contributed by atoms with Crippen molar-refractivity contribution < 1.29 is 45.4 Å². The van der Waals surface area contributed by atoms with Crippen molar-refractivity contribution in [3.63, 3.8) is 0 Å². The third kappa shape index (κ3) is 20.9. The summed E-state index contributed by atoms with van der Waals surface area (Å²) >= 11 is 2.32. The molecule has 31 heavy (non-hydrogen) atoms. The molecule has 9 heteroatoms.